The van der Waals surface area contributed by atoms with E-state index in [9.17, 15) is 18.0 Å². The first-order valence-electron chi connectivity index (χ1n) is 13.5. The number of ether oxygens (including phenoxy) is 1. The highest BCUT2D eigenvalue weighted by molar-refractivity contribution is 6.05. The quantitative estimate of drug-likeness (QED) is 0.243. The van der Waals surface area contributed by atoms with Crippen LogP contribution in [0.25, 0.3) is 0 Å². The van der Waals surface area contributed by atoms with Gasteiger partial charge in [0.1, 0.15) is 0 Å². The smallest absolute Gasteiger partial charge is 0.379 e. The molecule has 1 aliphatic heterocycles. The lowest BCUT2D eigenvalue weighted by molar-refractivity contribution is -0.138. The van der Waals surface area contributed by atoms with Crippen molar-refractivity contribution in [2.75, 3.05) is 37.0 Å². The highest BCUT2D eigenvalue weighted by Crippen LogP contribution is 2.36. The maximum absolute atomic E-state index is 13.6. The van der Waals surface area contributed by atoms with Crippen molar-refractivity contribution in [3.63, 3.8) is 0 Å². The van der Waals surface area contributed by atoms with Gasteiger partial charge in [0.2, 0.25) is 0 Å². The number of morpholine rings is 1. The Morgan fingerprint density at radius 2 is 1.73 bits per heavy atom. The summed E-state index contributed by atoms with van der Waals surface area (Å²) in [5.74, 6) is 4.93. The lowest BCUT2D eigenvalue weighted by atomic mass is 9.99. The minimum atomic E-state index is -4.52. The number of nitrogens with one attached hydrogen (secondary N) is 2. The van der Waals surface area contributed by atoms with Crippen molar-refractivity contribution < 1.29 is 22.7 Å². The summed E-state index contributed by atoms with van der Waals surface area (Å²) in [5.41, 5.74) is 11.9. The zero-order valence-corrected chi connectivity index (χ0v) is 24.7. The molecule has 0 radical (unpaired) electrons. The predicted octanol–water partition coefficient (Wildman–Crippen LogP) is 4.91. The van der Waals surface area contributed by atoms with E-state index in [1.807, 2.05) is 44.3 Å². The second-order valence-corrected chi connectivity index (χ2v) is 9.41. The summed E-state index contributed by atoms with van der Waals surface area (Å²) >= 11 is 0. The van der Waals surface area contributed by atoms with Crippen molar-refractivity contribution >= 4 is 17.3 Å². The lowest BCUT2D eigenvalue weighted by Crippen LogP contribution is -2.36. The molecule has 4 rings (SSSR count). The summed E-state index contributed by atoms with van der Waals surface area (Å²) in [4.78, 5) is 14.7. The molecule has 1 saturated heterocycles. The molecule has 0 unspecified atom stereocenters. The Morgan fingerprint density at radius 1 is 1.07 bits per heavy atom. The van der Waals surface area contributed by atoms with Gasteiger partial charge in [-0.3, -0.25) is 20.2 Å². The van der Waals surface area contributed by atoms with Gasteiger partial charge in [0.25, 0.3) is 5.91 Å². The van der Waals surface area contributed by atoms with Crippen molar-refractivity contribution in [2.24, 2.45) is 18.6 Å². The largest absolute Gasteiger partial charge is 0.416 e. The van der Waals surface area contributed by atoms with Crippen molar-refractivity contribution in [3.05, 3.63) is 75.6 Å². The molecular weight excluding hydrogens is 535 g/mol. The number of aromatic nitrogens is 2. The first kappa shape index (κ1) is 33.8. The Labute approximate surface area is 240 Å². The van der Waals surface area contributed by atoms with E-state index >= 15 is 0 Å². The van der Waals surface area contributed by atoms with Gasteiger partial charge in [-0.05, 0) is 61.7 Å². The number of nitrogens with zero attached hydrogens (tertiary/aromatic N) is 3. The zero-order chi connectivity index (χ0) is 30.7. The number of halogens is 3. The van der Waals surface area contributed by atoms with E-state index in [0.717, 1.165) is 22.9 Å². The molecule has 0 bridgehead atoms. The van der Waals surface area contributed by atoms with Crippen molar-refractivity contribution in [1.29, 1.82) is 0 Å². The van der Waals surface area contributed by atoms with Gasteiger partial charge in [-0.2, -0.15) is 18.3 Å². The number of hydrazine groups is 1. The van der Waals surface area contributed by atoms with E-state index in [2.05, 4.69) is 15.8 Å². The van der Waals surface area contributed by atoms with Gasteiger partial charge in [-0.15, -0.1) is 0 Å². The molecule has 0 spiro atoms. The molecule has 1 amide bonds. The molecule has 1 fully saturated rings. The van der Waals surface area contributed by atoms with E-state index < -0.39 is 17.6 Å². The second-order valence-electron chi connectivity index (χ2n) is 9.41. The normalized spacial score (nSPS) is 13.4. The van der Waals surface area contributed by atoms with Gasteiger partial charge in [0.15, 0.2) is 0 Å². The number of rotatable bonds is 6. The SMILES string of the molecule is CC.Cc1c(CN)cnn1C.Cc1ccc(C(=O)Nc2cc(CN3CCOCC3)c(C)c(C(F)(F)F)c2)cc1NN. The Balaban J connectivity index is 0.000000450. The summed E-state index contributed by atoms with van der Waals surface area (Å²) in [7, 11) is 1.91. The lowest BCUT2D eigenvalue weighted by Gasteiger charge is -2.28. The van der Waals surface area contributed by atoms with Crippen molar-refractivity contribution in [3.8, 4) is 0 Å². The maximum Gasteiger partial charge on any atom is 0.416 e. The molecule has 0 saturated carbocycles. The molecule has 1 aliphatic rings. The summed E-state index contributed by atoms with van der Waals surface area (Å²) in [5, 5.41) is 6.62. The molecule has 2 heterocycles. The molecule has 1 aromatic heterocycles. The zero-order valence-electron chi connectivity index (χ0n) is 24.7. The molecule has 0 atom stereocenters. The van der Waals surface area contributed by atoms with Gasteiger partial charge in [-0.1, -0.05) is 19.9 Å². The van der Waals surface area contributed by atoms with Crippen molar-refractivity contribution in [2.45, 2.75) is 53.9 Å². The monoisotopic (exact) mass is 577 g/mol. The average Bonchev–Trinajstić information content (AvgIpc) is 3.28. The van der Waals surface area contributed by atoms with E-state index in [1.165, 1.54) is 6.92 Å². The molecular formula is C29H42F3N7O2. The maximum atomic E-state index is 13.6. The number of amides is 1. The Morgan fingerprint density at radius 3 is 2.24 bits per heavy atom. The predicted molar refractivity (Wildman–Crippen MR) is 156 cm³/mol. The second kappa shape index (κ2) is 15.5. The summed E-state index contributed by atoms with van der Waals surface area (Å²) in [6, 6.07) is 7.45. The van der Waals surface area contributed by atoms with Gasteiger partial charge in [0, 0.05) is 55.7 Å². The highest BCUT2D eigenvalue weighted by atomic mass is 19.4. The Hall–Kier alpha value is -3.45. The van der Waals surface area contributed by atoms with Crippen LogP contribution < -0.4 is 22.3 Å². The molecule has 3 aromatic rings. The summed E-state index contributed by atoms with van der Waals surface area (Å²) < 4.78 is 48.0. The Bertz CT molecular complexity index is 1290. The molecule has 226 valence electrons. The molecule has 0 aliphatic carbocycles. The van der Waals surface area contributed by atoms with Crippen LogP contribution in [0.4, 0.5) is 24.5 Å². The first-order valence-corrected chi connectivity index (χ1v) is 13.5. The number of nitrogens with two attached hydrogens (primary N) is 2. The Kier molecular flexibility index (Phi) is 12.8. The summed E-state index contributed by atoms with van der Waals surface area (Å²) in [6.07, 6.45) is -2.72. The number of benzene rings is 2. The van der Waals surface area contributed by atoms with Gasteiger partial charge >= 0.3 is 6.18 Å². The third kappa shape index (κ3) is 9.28. The number of aryl methyl sites for hydroxylation is 2. The van der Waals surface area contributed by atoms with Crippen LogP contribution in [0.5, 0.6) is 0 Å². The number of anilines is 2. The third-order valence-electron chi connectivity index (χ3n) is 6.79. The average molecular weight is 578 g/mol. The van der Waals surface area contributed by atoms with Crippen molar-refractivity contribution in [1.82, 2.24) is 14.7 Å². The fraction of sp³-hybridized carbons (Fsp3) is 0.448. The number of hydrogen-bond acceptors (Lipinski definition) is 7. The number of hydrogen-bond donors (Lipinski definition) is 4. The van der Waals surface area contributed by atoms with E-state index in [0.29, 0.717) is 50.6 Å². The number of carbonyl (C=O) groups is 1. The topological polar surface area (TPSA) is 123 Å². The van der Waals surface area contributed by atoms with Crippen LogP contribution in [-0.4, -0.2) is 46.9 Å². The molecule has 9 nitrogen and oxygen atoms in total. The van der Waals surface area contributed by atoms with E-state index in [4.69, 9.17) is 16.3 Å². The van der Waals surface area contributed by atoms with E-state index in [1.54, 1.807) is 30.5 Å². The van der Waals surface area contributed by atoms with Crippen LogP contribution in [0.15, 0.2) is 36.5 Å². The minimum Gasteiger partial charge on any atom is -0.379 e. The first-order chi connectivity index (χ1) is 19.4. The van der Waals surface area contributed by atoms with Gasteiger partial charge < -0.3 is 21.2 Å². The van der Waals surface area contributed by atoms with Crippen LogP contribution in [0.1, 0.15) is 57.7 Å². The number of carbonyl (C=O) groups excluding carboxylic acids is 1. The minimum absolute atomic E-state index is 0.101. The molecule has 12 heteroatoms. The van der Waals surface area contributed by atoms with Gasteiger partial charge in [-0.25, -0.2) is 0 Å². The van der Waals surface area contributed by atoms with E-state index in [-0.39, 0.29) is 16.8 Å². The molecule has 2 aromatic carbocycles. The van der Waals surface area contributed by atoms with Gasteiger partial charge in [0.05, 0.1) is 30.7 Å². The number of alkyl halides is 3. The molecule has 41 heavy (non-hydrogen) atoms. The number of nitrogen functional groups attached to an aromatic ring is 1. The van der Waals surface area contributed by atoms with Crippen LogP contribution in [0, 0.1) is 20.8 Å². The van der Waals surface area contributed by atoms with Crippen LogP contribution in [-0.2, 0) is 31.1 Å². The fourth-order valence-electron chi connectivity index (χ4n) is 4.17. The standard InChI is InChI=1S/C21H25F3N4O2.C6H11N3.C2H6/c1-13-3-4-15(10-19(13)27-25)20(29)26-17-9-16(12-28-5-7-30-8-6-28)14(2)18(11-17)21(22,23)24;1-5-6(3-7)4-8-9(5)2;1-2/h3-4,9-11,27H,5-8,12,25H2,1-2H3,(H,26,29);4H,3,7H2,1-2H3;1-2H3. The van der Waals surface area contributed by atoms with Crippen LogP contribution >= 0.6 is 0 Å². The highest BCUT2D eigenvalue weighted by Gasteiger charge is 2.34. The van der Waals surface area contributed by atoms with Crippen LogP contribution in [0.3, 0.4) is 0 Å². The summed E-state index contributed by atoms with van der Waals surface area (Å²) in [6.45, 7) is 12.6. The fourth-order valence-corrected chi connectivity index (χ4v) is 4.17. The third-order valence-corrected chi connectivity index (χ3v) is 6.79. The van der Waals surface area contributed by atoms with Crippen LogP contribution in [0.2, 0.25) is 0 Å². The molecule has 6 N–H and O–H groups in total.